The summed E-state index contributed by atoms with van der Waals surface area (Å²) >= 11 is 0. The molecule has 22 heavy (non-hydrogen) atoms. The summed E-state index contributed by atoms with van der Waals surface area (Å²) in [6.07, 6.45) is 15.6. The topological polar surface area (TPSA) is 18.5 Å². The standard InChI is InChI=1S/C20H40O2/c1-5-9-13-19(14-10-6-2)17-18-21-20(22-19,15-11-7-3)16-12-8-4/h5-18H2,1-4H3. The molecule has 1 saturated heterocycles. The van der Waals surface area contributed by atoms with E-state index in [0.717, 1.165) is 25.9 Å². The van der Waals surface area contributed by atoms with Crippen molar-refractivity contribution < 1.29 is 9.47 Å². The van der Waals surface area contributed by atoms with Crippen LogP contribution in [0.15, 0.2) is 0 Å². The zero-order chi connectivity index (χ0) is 16.3. The Morgan fingerprint density at radius 3 is 1.59 bits per heavy atom. The largest absolute Gasteiger partial charge is 0.350 e. The molecular weight excluding hydrogens is 272 g/mol. The lowest BCUT2D eigenvalue weighted by Crippen LogP contribution is -2.52. The third-order valence-electron chi connectivity index (χ3n) is 5.12. The normalized spacial score (nSPS) is 20.2. The van der Waals surface area contributed by atoms with Gasteiger partial charge in [0.05, 0.1) is 12.2 Å². The van der Waals surface area contributed by atoms with Gasteiger partial charge in [-0.05, 0) is 25.7 Å². The molecule has 0 aromatic heterocycles. The molecule has 2 nitrogen and oxygen atoms in total. The van der Waals surface area contributed by atoms with Crippen LogP contribution in [0.3, 0.4) is 0 Å². The van der Waals surface area contributed by atoms with E-state index in [1.165, 1.54) is 64.2 Å². The summed E-state index contributed by atoms with van der Waals surface area (Å²) in [5.41, 5.74) is 0.0890. The van der Waals surface area contributed by atoms with Crippen LogP contribution in [-0.2, 0) is 9.47 Å². The average molecular weight is 313 g/mol. The van der Waals surface area contributed by atoms with Crippen LogP contribution in [0.2, 0.25) is 0 Å². The van der Waals surface area contributed by atoms with Crippen molar-refractivity contribution in [3.05, 3.63) is 0 Å². The van der Waals surface area contributed by atoms with E-state index in [2.05, 4.69) is 27.7 Å². The summed E-state index contributed by atoms with van der Waals surface area (Å²) in [7, 11) is 0. The van der Waals surface area contributed by atoms with Crippen molar-refractivity contribution in [2.75, 3.05) is 6.61 Å². The van der Waals surface area contributed by atoms with Crippen molar-refractivity contribution in [2.45, 2.75) is 123 Å². The van der Waals surface area contributed by atoms with E-state index in [9.17, 15) is 0 Å². The van der Waals surface area contributed by atoms with Crippen LogP contribution < -0.4 is 0 Å². The number of hydrogen-bond acceptors (Lipinski definition) is 2. The lowest BCUT2D eigenvalue weighted by molar-refractivity contribution is -0.337. The fraction of sp³-hybridized carbons (Fsp3) is 1.00. The third-order valence-corrected chi connectivity index (χ3v) is 5.12. The fourth-order valence-electron chi connectivity index (χ4n) is 3.64. The first kappa shape index (κ1) is 20.0. The first-order chi connectivity index (χ1) is 10.7. The second kappa shape index (κ2) is 10.6. The van der Waals surface area contributed by atoms with E-state index in [0.29, 0.717) is 0 Å². The minimum atomic E-state index is -0.286. The predicted molar refractivity (Wildman–Crippen MR) is 95.2 cm³/mol. The van der Waals surface area contributed by atoms with E-state index in [1.807, 2.05) is 0 Å². The Morgan fingerprint density at radius 1 is 0.682 bits per heavy atom. The molecule has 0 aliphatic carbocycles. The molecule has 132 valence electrons. The Hall–Kier alpha value is -0.0800. The summed E-state index contributed by atoms with van der Waals surface area (Å²) in [6, 6.07) is 0. The Balaban J connectivity index is 2.82. The predicted octanol–water partition coefficient (Wildman–Crippen LogP) is 6.62. The molecule has 0 radical (unpaired) electrons. The first-order valence-corrected chi connectivity index (χ1v) is 10.00. The molecule has 1 rings (SSSR count). The van der Waals surface area contributed by atoms with E-state index in [1.54, 1.807) is 0 Å². The van der Waals surface area contributed by atoms with Crippen molar-refractivity contribution in [1.29, 1.82) is 0 Å². The van der Waals surface area contributed by atoms with Gasteiger partial charge in [0.2, 0.25) is 0 Å². The highest BCUT2D eigenvalue weighted by molar-refractivity contribution is 4.89. The molecule has 1 aliphatic rings. The molecule has 0 saturated carbocycles. The van der Waals surface area contributed by atoms with Gasteiger partial charge in [-0.1, -0.05) is 66.2 Å². The summed E-state index contributed by atoms with van der Waals surface area (Å²) in [5.74, 6) is -0.286. The molecule has 0 amide bonds. The molecule has 0 atom stereocenters. The summed E-state index contributed by atoms with van der Waals surface area (Å²) in [6.45, 7) is 9.99. The molecule has 0 bridgehead atoms. The minimum absolute atomic E-state index is 0.0890. The van der Waals surface area contributed by atoms with Gasteiger partial charge in [-0.2, -0.15) is 0 Å². The Labute approximate surface area is 139 Å². The zero-order valence-corrected chi connectivity index (χ0v) is 15.7. The maximum absolute atomic E-state index is 6.85. The monoisotopic (exact) mass is 312 g/mol. The molecule has 1 fully saturated rings. The van der Waals surface area contributed by atoms with Gasteiger partial charge < -0.3 is 9.47 Å². The SMILES string of the molecule is CCCCC1(CCCC)CCOC(CCCC)(CCCC)O1. The third kappa shape index (κ3) is 6.20. The fourth-order valence-corrected chi connectivity index (χ4v) is 3.64. The lowest BCUT2D eigenvalue weighted by atomic mass is 9.85. The quantitative estimate of drug-likeness (QED) is 0.403. The molecule has 1 aliphatic heterocycles. The van der Waals surface area contributed by atoms with Crippen molar-refractivity contribution in [1.82, 2.24) is 0 Å². The second-order valence-electron chi connectivity index (χ2n) is 7.21. The molecule has 0 aromatic rings. The molecule has 0 spiro atoms. The van der Waals surface area contributed by atoms with Gasteiger partial charge in [-0.15, -0.1) is 0 Å². The van der Waals surface area contributed by atoms with Gasteiger partial charge in [-0.3, -0.25) is 0 Å². The van der Waals surface area contributed by atoms with Crippen LogP contribution in [0.1, 0.15) is 111 Å². The maximum atomic E-state index is 6.85. The summed E-state index contributed by atoms with van der Waals surface area (Å²) in [4.78, 5) is 0. The van der Waals surface area contributed by atoms with Crippen LogP contribution in [-0.4, -0.2) is 18.0 Å². The van der Waals surface area contributed by atoms with E-state index < -0.39 is 0 Å². The Kier molecular flexibility index (Phi) is 9.66. The van der Waals surface area contributed by atoms with Gasteiger partial charge in [-0.25, -0.2) is 0 Å². The van der Waals surface area contributed by atoms with Gasteiger partial charge >= 0.3 is 0 Å². The number of rotatable bonds is 12. The second-order valence-corrected chi connectivity index (χ2v) is 7.21. The summed E-state index contributed by atoms with van der Waals surface area (Å²) < 4.78 is 13.1. The number of unbranched alkanes of at least 4 members (excludes halogenated alkanes) is 4. The highest BCUT2D eigenvalue weighted by Gasteiger charge is 2.45. The highest BCUT2D eigenvalue weighted by Crippen LogP contribution is 2.42. The van der Waals surface area contributed by atoms with Gasteiger partial charge in [0.1, 0.15) is 0 Å². The van der Waals surface area contributed by atoms with Crippen LogP contribution in [0.5, 0.6) is 0 Å². The van der Waals surface area contributed by atoms with E-state index in [-0.39, 0.29) is 11.4 Å². The lowest BCUT2D eigenvalue weighted by Gasteiger charge is -2.49. The molecule has 0 aromatic carbocycles. The zero-order valence-electron chi connectivity index (χ0n) is 15.7. The van der Waals surface area contributed by atoms with Crippen LogP contribution >= 0.6 is 0 Å². The number of ether oxygens (including phenoxy) is 2. The van der Waals surface area contributed by atoms with E-state index >= 15 is 0 Å². The van der Waals surface area contributed by atoms with E-state index in [4.69, 9.17) is 9.47 Å². The molecule has 0 N–H and O–H groups in total. The van der Waals surface area contributed by atoms with Crippen LogP contribution in [0.25, 0.3) is 0 Å². The average Bonchev–Trinajstić information content (AvgIpc) is 2.55. The van der Waals surface area contributed by atoms with Crippen LogP contribution in [0.4, 0.5) is 0 Å². The first-order valence-electron chi connectivity index (χ1n) is 10.00. The van der Waals surface area contributed by atoms with Gasteiger partial charge in [0.25, 0.3) is 0 Å². The highest BCUT2D eigenvalue weighted by atomic mass is 16.7. The number of hydrogen-bond donors (Lipinski definition) is 0. The van der Waals surface area contributed by atoms with Crippen molar-refractivity contribution in [2.24, 2.45) is 0 Å². The van der Waals surface area contributed by atoms with Crippen molar-refractivity contribution in [3.63, 3.8) is 0 Å². The van der Waals surface area contributed by atoms with Gasteiger partial charge in [0.15, 0.2) is 5.79 Å². The molecule has 0 unspecified atom stereocenters. The van der Waals surface area contributed by atoms with Gasteiger partial charge in [0, 0.05) is 19.3 Å². The molecule has 2 heteroatoms. The maximum Gasteiger partial charge on any atom is 0.169 e. The minimum Gasteiger partial charge on any atom is -0.350 e. The van der Waals surface area contributed by atoms with Crippen molar-refractivity contribution in [3.8, 4) is 0 Å². The van der Waals surface area contributed by atoms with Crippen molar-refractivity contribution >= 4 is 0 Å². The van der Waals surface area contributed by atoms with Crippen LogP contribution in [0, 0.1) is 0 Å². The summed E-state index contributed by atoms with van der Waals surface area (Å²) in [5, 5.41) is 0. The smallest absolute Gasteiger partial charge is 0.169 e. The Morgan fingerprint density at radius 2 is 1.14 bits per heavy atom. The molecular formula is C20H40O2. The molecule has 1 heterocycles. The Bertz CT molecular complexity index is 233.